The van der Waals surface area contributed by atoms with Crippen LogP contribution in [0.4, 0.5) is 9.18 Å². The second-order valence-electron chi connectivity index (χ2n) is 6.51. The Bertz CT molecular complexity index is 496. The third kappa shape index (κ3) is 4.17. The molecule has 0 radical (unpaired) electrons. The topological polar surface area (TPSA) is 41.6 Å². The molecule has 0 aliphatic carbocycles. The molecule has 2 rings (SSSR count). The van der Waals surface area contributed by atoms with Crippen LogP contribution in [0.3, 0.4) is 0 Å². The Hall–Kier alpha value is -1.62. The van der Waals surface area contributed by atoms with Gasteiger partial charge in [0.05, 0.1) is 6.04 Å². The number of ether oxygens (including phenoxy) is 1. The van der Waals surface area contributed by atoms with Crippen molar-refractivity contribution in [3.63, 3.8) is 0 Å². The molecule has 2 atom stereocenters. The fraction of sp³-hybridized carbons (Fsp3) is 0.562. The molecule has 1 heterocycles. The van der Waals surface area contributed by atoms with E-state index in [1.165, 1.54) is 12.1 Å². The molecule has 0 spiro atoms. The zero-order valence-electron chi connectivity index (χ0n) is 13.0. The first-order chi connectivity index (χ1) is 9.76. The van der Waals surface area contributed by atoms with E-state index in [-0.39, 0.29) is 24.0 Å². The molecule has 0 aromatic heterocycles. The monoisotopic (exact) mass is 294 g/mol. The van der Waals surface area contributed by atoms with Gasteiger partial charge in [-0.05, 0) is 45.4 Å². The summed E-state index contributed by atoms with van der Waals surface area (Å²) in [5.74, 6) is -0.278. The van der Waals surface area contributed by atoms with E-state index >= 15 is 0 Å². The minimum Gasteiger partial charge on any atom is -0.444 e. The maximum absolute atomic E-state index is 13.1. The minimum absolute atomic E-state index is 0.142. The Labute approximate surface area is 125 Å². The summed E-state index contributed by atoms with van der Waals surface area (Å²) in [4.78, 5) is 14.1. The van der Waals surface area contributed by atoms with Crippen molar-refractivity contribution >= 4 is 6.09 Å². The molecule has 116 valence electrons. The summed E-state index contributed by atoms with van der Waals surface area (Å²) in [6.45, 7) is 8.78. The predicted molar refractivity (Wildman–Crippen MR) is 79.5 cm³/mol. The van der Waals surface area contributed by atoms with Crippen molar-refractivity contribution in [1.82, 2.24) is 10.2 Å². The SMILES string of the molecule is C[C@H]1CN(C(=O)OC(C)(C)C)[C@H](c2ccc(F)cc2)CN1. The van der Waals surface area contributed by atoms with Crippen LogP contribution in [0.5, 0.6) is 0 Å². The Morgan fingerprint density at radius 1 is 1.33 bits per heavy atom. The second-order valence-corrected chi connectivity index (χ2v) is 6.51. The van der Waals surface area contributed by atoms with E-state index in [2.05, 4.69) is 5.32 Å². The molecule has 0 bridgehead atoms. The summed E-state index contributed by atoms with van der Waals surface area (Å²) in [5, 5.41) is 3.35. The van der Waals surface area contributed by atoms with E-state index < -0.39 is 5.60 Å². The van der Waals surface area contributed by atoms with Crippen molar-refractivity contribution in [1.29, 1.82) is 0 Å². The van der Waals surface area contributed by atoms with Gasteiger partial charge in [-0.3, -0.25) is 4.90 Å². The van der Waals surface area contributed by atoms with Gasteiger partial charge in [-0.2, -0.15) is 0 Å². The first kappa shape index (κ1) is 15.8. The average Bonchev–Trinajstić information content (AvgIpc) is 2.38. The molecule has 1 aromatic rings. The first-order valence-corrected chi connectivity index (χ1v) is 7.25. The summed E-state index contributed by atoms with van der Waals surface area (Å²) < 4.78 is 18.6. The third-order valence-corrected chi connectivity index (χ3v) is 3.39. The predicted octanol–water partition coefficient (Wildman–Crippen LogP) is 3.10. The Morgan fingerprint density at radius 2 is 1.95 bits per heavy atom. The van der Waals surface area contributed by atoms with E-state index in [9.17, 15) is 9.18 Å². The molecule has 1 saturated heterocycles. The highest BCUT2D eigenvalue weighted by molar-refractivity contribution is 5.69. The molecule has 0 saturated carbocycles. The Kier molecular flexibility index (Phi) is 4.52. The lowest BCUT2D eigenvalue weighted by Gasteiger charge is -2.40. The maximum Gasteiger partial charge on any atom is 0.410 e. The molecule has 1 amide bonds. The minimum atomic E-state index is -0.529. The van der Waals surface area contributed by atoms with Gasteiger partial charge in [0.1, 0.15) is 11.4 Å². The van der Waals surface area contributed by atoms with E-state index in [1.807, 2.05) is 27.7 Å². The van der Waals surface area contributed by atoms with Crippen LogP contribution in [0.1, 0.15) is 39.3 Å². The number of benzene rings is 1. The van der Waals surface area contributed by atoms with Gasteiger partial charge in [0.25, 0.3) is 0 Å². The standard InChI is InChI=1S/C16H23FN2O2/c1-11-10-19(15(20)21-16(2,3)4)14(9-18-11)12-5-7-13(17)8-6-12/h5-8,11,14,18H,9-10H2,1-4H3/t11-,14-/m0/s1. The van der Waals surface area contributed by atoms with Crippen molar-refractivity contribution in [2.24, 2.45) is 0 Å². The highest BCUT2D eigenvalue weighted by Gasteiger charge is 2.33. The molecule has 4 nitrogen and oxygen atoms in total. The molecule has 1 aliphatic rings. The zero-order valence-corrected chi connectivity index (χ0v) is 13.0. The van der Waals surface area contributed by atoms with Gasteiger partial charge in [-0.25, -0.2) is 9.18 Å². The Balaban J connectivity index is 2.21. The fourth-order valence-corrected chi connectivity index (χ4v) is 2.41. The molecule has 0 unspecified atom stereocenters. The van der Waals surface area contributed by atoms with Crippen LogP contribution in [0.25, 0.3) is 0 Å². The molecule has 1 fully saturated rings. The van der Waals surface area contributed by atoms with Gasteiger partial charge in [-0.1, -0.05) is 12.1 Å². The van der Waals surface area contributed by atoms with Gasteiger partial charge in [0.2, 0.25) is 0 Å². The molecule has 1 aliphatic heterocycles. The van der Waals surface area contributed by atoms with Crippen LogP contribution < -0.4 is 5.32 Å². The van der Waals surface area contributed by atoms with Crippen molar-refractivity contribution in [2.75, 3.05) is 13.1 Å². The normalized spacial score (nSPS) is 23.0. The van der Waals surface area contributed by atoms with Crippen LogP contribution in [0.15, 0.2) is 24.3 Å². The second kappa shape index (κ2) is 6.02. The first-order valence-electron chi connectivity index (χ1n) is 7.25. The van der Waals surface area contributed by atoms with Crippen molar-refractivity contribution in [3.8, 4) is 0 Å². The van der Waals surface area contributed by atoms with Crippen LogP contribution in [0, 0.1) is 5.82 Å². The highest BCUT2D eigenvalue weighted by atomic mass is 19.1. The lowest BCUT2D eigenvalue weighted by Crippen LogP contribution is -2.54. The van der Waals surface area contributed by atoms with Gasteiger partial charge < -0.3 is 10.1 Å². The molecular formula is C16H23FN2O2. The number of rotatable bonds is 1. The maximum atomic E-state index is 13.1. The number of amides is 1. The number of nitrogens with zero attached hydrogens (tertiary/aromatic N) is 1. The van der Waals surface area contributed by atoms with E-state index in [0.29, 0.717) is 13.1 Å². The lowest BCUT2D eigenvalue weighted by atomic mass is 10.0. The van der Waals surface area contributed by atoms with Gasteiger partial charge in [-0.15, -0.1) is 0 Å². The van der Waals surface area contributed by atoms with Gasteiger partial charge in [0, 0.05) is 19.1 Å². The number of halogens is 1. The number of carbonyl (C=O) groups is 1. The van der Waals surface area contributed by atoms with Crippen molar-refractivity contribution in [2.45, 2.75) is 45.4 Å². The van der Waals surface area contributed by atoms with E-state index in [0.717, 1.165) is 5.56 Å². The number of carbonyl (C=O) groups excluding carboxylic acids is 1. The summed E-state index contributed by atoms with van der Waals surface area (Å²) >= 11 is 0. The lowest BCUT2D eigenvalue weighted by molar-refractivity contribution is 0.00787. The van der Waals surface area contributed by atoms with E-state index in [4.69, 9.17) is 4.74 Å². The molecule has 21 heavy (non-hydrogen) atoms. The van der Waals surface area contributed by atoms with Crippen LogP contribution in [-0.4, -0.2) is 35.7 Å². The summed E-state index contributed by atoms with van der Waals surface area (Å²) in [7, 11) is 0. The Morgan fingerprint density at radius 3 is 2.52 bits per heavy atom. The highest BCUT2D eigenvalue weighted by Crippen LogP contribution is 2.26. The number of nitrogens with one attached hydrogen (secondary N) is 1. The average molecular weight is 294 g/mol. The number of hydrogen-bond acceptors (Lipinski definition) is 3. The smallest absolute Gasteiger partial charge is 0.410 e. The summed E-state index contributed by atoms with van der Waals surface area (Å²) in [5.41, 5.74) is 0.375. The van der Waals surface area contributed by atoms with Crippen LogP contribution in [0.2, 0.25) is 0 Å². The molecule has 5 heteroatoms. The molecular weight excluding hydrogens is 271 g/mol. The quantitative estimate of drug-likeness (QED) is 0.865. The third-order valence-electron chi connectivity index (χ3n) is 3.39. The van der Waals surface area contributed by atoms with Crippen molar-refractivity contribution < 1.29 is 13.9 Å². The number of piperazine rings is 1. The van der Waals surface area contributed by atoms with Crippen LogP contribution in [-0.2, 0) is 4.74 Å². The summed E-state index contributed by atoms with van der Waals surface area (Å²) in [6, 6.07) is 6.33. The zero-order chi connectivity index (χ0) is 15.6. The van der Waals surface area contributed by atoms with Gasteiger partial charge >= 0.3 is 6.09 Å². The molecule has 1 N–H and O–H groups in total. The van der Waals surface area contributed by atoms with E-state index in [1.54, 1.807) is 17.0 Å². The van der Waals surface area contributed by atoms with Crippen LogP contribution >= 0.6 is 0 Å². The largest absolute Gasteiger partial charge is 0.444 e. The van der Waals surface area contributed by atoms with Crippen molar-refractivity contribution in [3.05, 3.63) is 35.6 Å². The number of hydrogen-bond donors (Lipinski definition) is 1. The summed E-state index contributed by atoms with van der Waals surface area (Å²) in [6.07, 6.45) is -0.329. The fourth-order valence-electron chi connectivity index (χ4n) is 2.41. The van der Waals surface area contributed by atoms with Gasteiger partial charge in [0.15, 0.2) is 0 Å². The molecule has 1 aromatic carbocycles.